The first-order chi connectivity index (χ1) is 9.88. The predicted octanol–water partition coefficient (Wildman–Crippen LogP) is 2.42. The van der Waals surface area contributed by atoms with Crippen molar-refractivity contribution in [3.63, 3.8) is 0 Å². The maximum absolute atomic E-state index is 11.8. The number of nitrogens with zero attached hydrogens (tertiary/aromatic N) is 1. The lowest BCUT2D eigenvalue weighted by Gasteiger charge is -2.06. The van der Waals surface area contributed by atoms with Crippen LogP contribution in [0.4, 0.5) is 4.79 Å². The highest BCUT2D eigenvalue weighted by Gasteiger charge is 2.31. The summed E-state index contributed by atoms with van der Waals surface area (Å²) in [6, 6.07) is 5.08. The standard InChI is InChI=1S/C13H10INO5S/c1-15-12(18)10(21-13(15)19)5-7-2-3-9(8(14)4-7)20-6-11(16)17/h2-5H,6H2,1H3,(H,16,17)/b10-5-. The summed E-state index contributed by atoms with van der Waals surface area (Å²) >= 11 is 2.90. The molecule has 1 aromatic carbocycles. The smallest absolute Gasteiger partial charge is 0.341 e. The SMILES string of the molecule is CN1C(=O)S/C(=C\c2ccc(OCC(=O)O)c(I)c2)C1=O. The minimum absolute atomic E-state index is 0.303. The molecule has 1 aliphatic rings. The highest BCUT2D eigenvalue weighted by atomic mass is 127. The Labute approximate surface area is 138 Å². The third kappa shape index (κ3) is 3.76. The maximum Gasteiger partial charge on any atom is 0.341 e. The summed E-state index contributed by atoms with van der Waals surface area (Å²) in [6.07, 6.45) is 1.62. The van der Waals surface area contributed by atoms with Crippen molar-refractivity contribution in [2.45, 2.75) is 0 Å². The second kappa shape index (κ2) is 6.48. The molecule has 2 rings (SSSR count). The molecule has 0 aliphatic carbocycles. The van der Waals surface area contributed by atoms with Crippen molar-refractivity contribution in [2.24, 2.45) is 0 Å². The van der Waals surface area contributed by atoms with E-state index in [4.69, 9.17) is 9.84 Å². The van der Waals surface area contributed by atoms with E-state index in [9.17, 15) is 14.4 Å². The molecule has 8 heteroatoms. The molecule has 0 spiro atoms. The molecule has 0 atom stereocenters. The van der Waals surface area contributed by atoms with Gasteiger partial charge in [-0.15, -0.1) is 0 Å². The fourth-order valence-corrected chi connectivity index (χ4v) is 3.08. The first-order valence-corrected chi connectivity index (χ1v) is 7.63. The number of rotatable bonds is 4. The van der Waals surface area contributed by atoms with Gasteiger partial charge in [0.15, 0.2) is 6.61 Å². The number of carbonyl (C=O) groups is 3. The monoisotopic (exact) mass is 419 g/mol. The van der Waals surface area contributed by atoms with Crippen molar-refractivity contribution in [3.8, 4) is 5.75 Å². The summed E-state index contributed by atoms with van der Waals surface area (Å²) in [6.45, 7) is -0.413. The van der Waals surface area contributed by atoms with Crippen LogP contribution in [0.3, 0.4) is 0 Å². The van der Waals surface area contributed by atoms with Gasteiger partial charge in [0.25, 0.3) is 11.1 Å². The molecule has 0 unspecified atom stereocenters. The number of aliphatic carboxylic acids is 1. The van der Waals surface area contributed by atoms with Gasteiger partial charge < -0.3 is 9.84 Å². The van der Waals surface area contributed by atoms with Crippen LogP contribution in [0, 0.1) is 3.57 Å². The number of thioether (sulfide) groups is 1. The van der Waals surface area contributed by atoms with E-state index in [1.165, 1.54) is 7.05 Å². The lowest BCUT2D eigenvalue weighted by Crippen LogP contribution is -2.22. The summed E-state index contributed by atoms with van der Waals surface area (Å²) in [4.78, 5) is 35.1. The zero-order chi connectivity index (χ0) is 15.6. The van der Waals surface area contributed by atoms with Crippen LogP contribution in [0.1, 0.15) is 5.56 Å². The van der Waals surface area contributed by atoms with Gasteiger partial charge in [-0.1, -0.05) is 6.07 Å². The maximum atomic E-state index is 11.8. The summed E-state index contributed by atoms with van der Waals surface area (Å²) in [5.74, 6) is -0.920. The Morgan fingerprint density at radius 2 is 2.19 bits per heavy atom. The quantitative estimate of drug-likeness (QED) is 0.596. The van der Waals surface area contributed by atoms with Crippen LogP contribution in [0.5, 0.6) is 5.75 Å². The summed E-state index contributed by atoms with van der Waals surface area (Å²) in [5, 5.41) is 8.27. The fraction of sp³-hybridized carbons (Fsp3) is 0.154. The van der Waals surface area contributed by atoms with Gasteiger partial charge in [0.2, 0.25) is 0 Å². The number of hydrogen-bond donors (Lipinski definition) is 1. The molecule has 110 valence electrons. The predicted molar refractivity (Wildman–Crippen MR) is 86.0 cm³/mol. The number of carbonyl (C=O) groups excluding carboxylic acids is 2. The van der Waals surface area contributed by atoms with Gasteiger partial charge in [-0.2, -0.15) is 0 Å². The molecule has 6 nitrogen and oxygen atoms in total. The lowest BCUT2D eigenvalue weighted by atomic mass is 10.2. The molecule has 1 saturated heterocycles. The summed E-state index contributed by atoms with van der Waals surface area (Å²) in [7, 11) is 1.44. The molecule has 0 bridgehead atoms. The highest BCUT2D eigenvalue weighted by molar-refractivity contribution is 14.1. The van der Waals surface area contributed by atoms with Crippen LogP contribution in [-0.4, -0.2) is 40.8 Å². The number of carboxylic acid groups (broad SMARTS) is 1. The Hall–Kier alpha value is -1.55. The molecule has 1 N–H and O–H groups in total. The Balaban J connectivity index is 2.19. The van der Waals surface area contributed by atoms with Gasteiger partial charge in [-0.3, -0.25) is 14.5 Å². The highest BCUT2D eigenvalue weighted by Crippen LogP contribution is 2.32. The lowest BCUT2D eigenvalue weighted by molar-refractivity contribution is -0.139. The second-order valence-electron chi connectivity index (χ2n) is 4.11. The Morgan fingerprint density at radius 3 is 2.71 bits per heavy atom. The molecule has 0 saturated carbocycles. The minimum Gasteiger partial charge on any atom is -0.481 e. The molecule has 1 heterocycles. The number of benzene rings is 1. The van der Waals surface area contributed by atoms with Gasteiger partial charge in [-0.25, -0.2) is 4.79 Å². The summed E-state index contributed by atoms with van der Waals surface area (Å²) < 4.78 is 5.84. The van der Waals surface area contributed by atoms with Crippen LogP contribution in [0.15, 0.2) is 23.1 Å². The molecular formula is C13H10INO5S. The van der Waals surface area contributed by atoms with E-state index < -0.39 is 12.6 Å². The van der Waals surface area contributed by atoms with E-state index in [0.29, 0.717) is 10.7 Å². The van der Waals surface area contributed by atoms with Gasteiger partial charge in [0, 0.05) is 7.05 Å². The molecular weight excluding hydrogens is 409 g/mol. The largest absolute Gasteiger partial charge is 0.481 e. The number of amides is 2. The molecule has 21 heavy (non-hydrogen) atoms. The van der Waals surface area contributed by atoms with Gasteiger partial charge >= 0.3 is 5.97 Å². The van der Waals surface area contributed by atoms with Crippen molar-refractivity contribution >= 4 is 57.5 Å². The van der Waals surface area contributed by atoms with E-state index in [1.807, 2.05) is 22.6 Å². The Morgan fingerprint density at radius 1 is 1.48 bits per heavy atom. The van der Waals surface area contributed by atoms with Crippen LogP contribution < -0.4 is 4.74 Å². The van der Waals surface area contributed by atoms with Crippen molar-refractivity contribution in [2.75, 3.05) is 13.7 Å². The number of imide groups is 1. The normalized spacial score (nSPS) is 16.7. The third-order valence-electron chi connectivity index (χ3n) is 2.59. The average Bonchev–Trinajstić information content (AvgIpc) is 2.65. The summed E-state index contributed by atoms with van der Waals surface area (Å²) in [5.41, 5.74) is 0.737. The molecule has 0 radical (unpaired) electrons. The fourth-order valence-electron chi connectivity index (χ4n) is 1.56. The first kappa shape index (κ1) is 15.8. The number of carboxylic acids is 1. The molecule has 1 aromatic rings. The van der Waals surface area contributed by atoms with Crippen molar-refractivity contribution in [3.05, 3.63) is 32.2 Å². The second-order valence-corrected chi connectivity index (χ2v) is 6.27. The first-order valence-electron chi connectivity index (χ1n) is 5.74. The zero-order valence-corrected chi connectivity index (χ0v) is 13.8. The Bertz CT molecular complexity index is 658. The number of ether oxygens (including phenoxy) is 1. The van der Waals surface area contributed by atoms with Crippen molar-refractivity contribution in [1.29, 1.82) is 0 Å². The van der Waals surface area contributed by atoms with Crippen LogP contribution in [-0.2, 0) is 9.59 Å². The van der Waals surface area contributed by atoms with E-state index in [0.717, 1.165) is 25.8 Å². The third-order valence-corrected chi connectivity index (χ3v) is 4.40. The van der Waals surface area contributed by atoms with Crippen molar-refractivity contribution in [1.82, 2.24) is 4.90 Å². The van der Waals surface area contributed by atoms with Gasteiger partial charge in [0.1, 0.15) is 5.75 Å². The van der Waals surface area contributed by atoms with Crippen LogP contribution in [0.2, 0.25) is 0 Å². The minimum atomic E-state index is -1.05. The van der Waals surface area contributed by atoms with E-state index in [2.05, 4.69) is 0 Å². The van der Waals surface area contributed by atoms with E-state index >= 15 is 0 Å². The number of hydrogen-bond acceptors (Lipinski definition) is 5. The Kier molecular flexibility index (Phi) is 4.88. The van der Waals surface area contributed by atoms with E-state index in [1.54, 1.807) is 24.3 Å². The van der Waals surface area contributed by atoms with Crippen molar-refractivity contribution < 1.29 is 24.2 Å². The molecule has 0 aromatic heterocycles. The van der Waals surface area contributed by atoms with Crippen LogP contribution >= 0.6 is 34.4 Å². The average molecular weight is 419 g/mol. The topological polar surface area (TPSA) is 83.9 Å². The molecule has 2 amide bonds. The molecule has 1 aliphatic heterocycles. The van der Waals surface area contributed by atoms with Gasteiger partial charge in [0.05, 0.1) is 8.48 Å². The number of halogens is 1. The van der Waals surface area contributed by atoms with E-state index in [-0.39, 0.29) is 11.1 Å². The number of likely N-dealkylation sites (N-methyl/N-ethyl adjacent to an activating group) is 1. The van der Waals surface area contributed by atoms with Gasteiger partial charge in [-0.05, 0) is 58.1 Å². The van der Waals surface area contributed by atoms with Crippen LogP contribution in [0.25, 0.3) is 6.08 Å². The molecule has 1 fully saturated rings. The zero-order valence-electron chi connectivity index (χ0n) is 10.8.